The smallest absolute Gasteiger partial charge is 0.308 e. The quantitative estimate of drug-likeness (QED) is 0.775. The average molecular weight is 364 g/mol. The number of nitriles is 1. The van der Waals surface area contributed by atoms with Crippen LogP contribution in [0.3, 0.4) is 0 Å². The van der Waals surface area contributed by atoms with E-state index in [0.29, 0.717) is 12.1 Å². The van der Waals surface area contributed by atoms with Crippen molar-refractivity contribution in [3.63, 3.8) is 0 Å². The molecule has 1 atom stereocenters. The van der Waals surface area contributed by atoms with Gasteiger partial charge in [0.2, 0.25) is 0 Å². The fourth-order valence-corrected chi connectivity index (χ4v) is 4.58. The van der Waals surface area contributed by atoms with E-state index in [2.05, 4.69) is 17.0 Å². The number of hydrogen-bond donors (Lipinski definition) is 1. The number of hydrogen-bond acceptors (Lipinski definition) is 5. The summed E-state index contributed by atoms with van der Waals surface area (Å²) in [5, 5.41) is 9.36. The molecule has 3 aromatic rings. The summed E-state index contributed by atoms with van der Waals surface area (Å²) in [7, 11) is 0. The number of rotatable bonds is 3. The Morgan fingerprint density at radius 3 is 2.88 bits per heavy atom. The first-order chi connectivity index (χ1) is 12.7. The minimum absolute atomic E-state index is 0.00139. The zero-order valence-electron chi connectivity index (χ0n) is 14.4. The Labute approximate surface area is 155 Å². The Kier molecular flexibility index (Phi) is 4.49. The maximum Gasteiger partial charge on any atom is 0.308 e. The Hall–Kier alpha value is -2.62. The lowest BCUT2D eigenvalue weighted by atomic mass is 10.1. The van der Waals surface area contributed by atoms with Crippen molar-refractivity contribution in [2.45, 2.75) is 25.4 Å². The van der Waals surface area contributed by atoms with Crippen LogP contribution in [0.5, 0.6) is 0 Å². The number of anilines is 1. The summed E-state index contributed by atoms with van der Waals surface area (Å²) >= 11 is 1.26. The van der Waals surface area contributed by atoms with Crippen LogP contribution in [0.15, 0.2) is 47.3 Å². The number of nitrogens with two attached hydrogens (primary N) is 1. The molecule has 1 saturated heterocycles. The molecule has 1 aromatic heterocycles. The molecule has 5 nitrogen and oxygen atoms in total. The summed E-state index contributed by atoms with van der Waals surface area (Å²) in [6.45, 7) is 2.16. The second-order valence-corrected chi connectivity index (χ2v) is 7.69. The number of thiazole rings is 1. The van der Waals surface area contributed by atoms with Crippen LogP contribution in [0.4, 0.5) is 5.69 Å². The summed E-state index contributed by atoms with van der Waals surface area (Å²) in [5.41, 5.74) is 9.65. The predicted molar refractivity (Wildman–Crippen MR) is 106 cm³/mol. The van der Waals surface area contributed by atoms with E-state index >= 15 is 0 Å². The molecule has 2 N–H and O–H groups in total. The maximum atomic E-state index is 12.7. The van der Waals surface area contributed by atoms with Gasteiger partial charge in [-0.1, -0.05) is 35.6 Å². The van der Waals surface area contributed by atoms with Gasteiger partial charge < -0.3 is 10.6 Å². The lowest BCUT2D eigenvalue weighted by molar-refractivity contribution is 0.506. The highest BCUT2D eigenvalue weighted by Gasteiger charge is 2.21. The van der Waals surface area contributed by atoms with Crippen LogP contribution in [-0.2, 0) is 6.54 Å². The van der Waals surface area contributed by atoms with Crippen LogP contribution in [0.25, 0.3) is 10.2 Å². The van der Waals surface area contributed by atoms with Gasteiger partial charge in [0.1, 0.15) is 0 Å². The highest BCUT2D eigenvalue weighted by atomic mass is 32.1. The van der Waals surface area contributed by atoms with E-state index in [0.717, 1.165) is 47.4 Å². The van der Waals surface area contributed by atoms with Gasteiger partial charge in [-0.15, -0.1) is 0 Å². The third kappa shape index (κ3) is 3.00. The molecule has 0 aliphatic carbocycles. The van der Waals surface area contributed by atoms with Crippen molar-refractivity contribution in [3.8, 4) is 6.07 Å². The SMILES string of the molecule is N#Cc1ccccc1Cn1c(=O)sc2cccc(N3CCC[C@@H](N)C3)c21. The molecule has 0 radical (unpaired) electrons. The Morgan fingerprint density at radius 2 is 2.08 bits per heavy atom. The number of aromatic nitrogens is 1. The molecule has 2 aromatic carbocycles. The van der Waals surface area contributed by atoms with Crippen LogP contribution in [0.2, 0.25) is 0 Å². The molecule has 6 heteroatoms. The van der Waals surface area contributed by atoms with Crippen LogP contribution in [0.1, 0.15) is 24.0 Å². The molecule has 1 fully saturated rings. The zero-order chi connectivity index (χ0) is 18.1. The first-order valence-corrected chi connectivity index (χ1v) is 9.60. The number of para-hydroxylation sites is 1. The van der Waals surface area contributed by atoms with E-state index in [9.17, 15) is 10.1 Å². The third-order valence-corrected chi connectivity index (χ3v) is 5.87. The van der Waals surface area contributed by atoms with E-state index in [1.807, 2.05) is 30.3 Å². The van der Waals surface area contributed by atoms with Gasteiger partial charge in [-0.2, -0.15) is 5.26 Å². The van der Waals surface area contributed by atoms with Crippen molar-refractivity contribution in [3.05, 3.63) is 63.3 Å². The summed E-state index contributed by atoms with van der Waals surface area (Å²) in [4.78, 5) is 15.0. The molecule has 0 unspecified atom stereocenters. The molecule has 1 aliphatic rings. The molecule has 0 bridgehead atoms. The third-order valence-electron chi connectivity index (χ3n) is 4.93. The first-order valence-electron chi connectivity index (χ1n) is 8.78. The molecule has 2 heterocycles. The maximum absolute atomic E-state index is 12.7. The minimum atomic E-state index is 0.00139. The first kappa shape index (κ1) is 16.8. The van der Waals surface area contributed by atoms with Gasteiger partial charge in [-0.05, 0) is 36.6 Å². The van der Waals surface area contributed by atoms with Gasteiger partial charge in [0.05, 0.1) is 34.1 Å². The number of benzene rings is 2. The molecule has 0 saturated carbocycles. The van der Waals surface area contributed by atoms with E-state index in [1.165, 1.54) is 11.3 Å². The number of nitrogens with zero attached hydrogens (tertiary/aromatic N) is 3. The summed E-state index contributed by atoms with van der Waals surface area (Å²) in [6, 6.07) is 15.9. The van der Waals surface area contributed by atoms with E-state index in [1.54, 1.807) is 10.6 Å². The van der Waals surface area contributed by atoms with Crippen molar-refractivity contribution < 1.29 is 0 Å². The van der Waals surface area contributed by atoms with Crippen LogP contribution >= 0.6 is 11.3 Å². The largest absolute Gasteiger partial charge is 0.368 e. The molecule has 1 aliphatic heterocycles. The van der Waals surface area contributed by atoms with E-state index < -0.39 is 0 Å². The number of fused-ring (bicyclic) bond motifs is 1. The highest BCUT2D eigenvalue weighted by Crippen LogP contribution is 2.31. The lowest BCUT2D eigenvalue weighted by Gasteiger charge is -2.33. The molecular weight excluding hydrogens is 344 g/mol. The van der Waals surface area contributed by atoms with Gasteiger partial charge in [0.25, 0.3) is 0 Å². The van der Waals surface area contributed by atoms with Crippen LogP contribution in [0, 0.1) is 11.3 Å². The molecule has 0 amide bonds. The Morgan fingerprint density at radius 1 is 1.23 bits per heavy atom. The van der Waals surface area contributed by atoms with Crippen molar-refractivity contribution in [1.29, 1.82) is 5.26 Å². The molecule has 0 spiro atoms. The van der Waals surface area contributed by atoms with Crippen molar-refractivity contribution >= 4 is 27.2 Å². The summed E-state index contributed by atoms with van der Waals surface area (Å²) < 4.78 is 2.77. The van der Waals surface area contributed by atoms with Crippen molar-refractivity contribution in [2.24, 2.45) is 5.73 Å². The Bertz CT molecular complexity index is 1050. The van der Waals surface area contributed by atoms with Gasteiger partial charge in [0, 0.05) is 19.1 Å². The average Bonchev–Trinajstić information content (AvgIpc) is 2.97. The molecule has 132 valence electrons. The molecular formula is C20H20N4OS. The molecule has 26 heavy (non-hydrogen) atoms. The highest BCUT2D eigenvalue weighted by molar-refractivity contribution is 7.16. The minimum Gasteiger partial charge on any atom is -0.368 e. The van der Waals surface area contributed by atoms with Gasteiger partial charge in [-0.3, -0.25) is 9.36 Å². The standard InChI is InChI=1S/C20H20N4OS/c21-11-14-5-1-2-6-15(14)12-24-19-17(23-10-4-7-16(22)13-23)8-3-9-18(19)26-20(24)25/h1-3,5-6,8-9,16H,4,7,10,12-13,22H2/t16-/m1/s1. The fourth-order valence-electron chi connectivity index (χ4n) is 3.67. The van der Waals surface area contributed by atoms with Gasteiger partial charge >= 0.3 is 4.87 Å². The van der Waals surface area contributed by atoms with E-state index in [-0.39, 0.29) is 10.9 Å². The predicted octanol–water partition coefficient (Wildman–Crippen LogP) is 2.91. The van der Waals surface area contributed by atoms with Crippen LogP contribution < -0.4 is 15.5 Å². The monoisotopic (exact) mass is 364 g/mol. The van der Waals surface area contributed by atoms with Crippen molar-refractivity contribution in [1.82, 2.24) is 4.57 Å². The van der Waals surface area contributed by atoms with Crippen molar-refractivity contribution in [2.75, 3.05) is 18.0 Å². The second-order valence-electron chi connectivity index (χ2n) is 6.70. The van der Waals surface area contributed by atoms with Gasteiger partial charge in [-0.25, -0.2) is 0 Å². The number of piperidine rings is 1. The molecule has 4 rings (SSSR count). The normalized spacial score (nSPS) is 17.4. The topological polar surface area (TPSA) is 75.0 Å². The van der Waals surface area contributed by atoms with E-state index in [4.69, 9.17) is 5.73 Å². The van der Waals surface area contributed by atoms with Crippen LogP contribution in [-0.4, -0.2) is 23.7 Å². The zero-order valence-corrected chi connectivity index (χ0v) is 15.2. The summed E-state index contributed by atoms with van der Waals surface area (Å²) in [5.74, 6) is 0. The fraction of sp³-hybridized carbons (Fsp3) is 0.300. The Balaban J connectivity index is 1.83. The second kappa shape index (κ2) is 6.94. The lowest BCUT2D eigenvalue weighted by Crippen LogP contribution is -2.43. The summed E-state index contributed by atoms with van der Waals surface area (Å²) in [6.07, 6.45) is 2.10. The van der Waals surface area contributed by atoms with Gasteiger partial charge in [0.15, 0.2) is 0 Å².